The molecule has 21 heavy (non-hydrogen) atoms. The van der Waals surface area contributed by atoms with Crippen molar-refractivity contribution in [2.45, 2.75) is 13.3 Å². The van der Waals surface area contributed by atoms with E-state index >= 15 is 0 Å². The molecule has 2 aromatic rings. The molecule has 0 spiro atoms. The van der Waals surface area contributed by atoms with Crippen LogP contribution in [0.2, 0.25) is 0 Å². The third kappa shape index (κ3) is 4.45. The smallest absolute Gasteiger partial charge is 0.341 e. The van der Waals surface area contributed by atoms with Gasteiger partial charge in [-0.1, -0.05) is 31.2 Å². The molecule has 0 saturated carbocycles. The summed E-state index contributed by atoms with van der Waals surface area (Å²) < 4.78 is 5.23. The summed E-state index contributed by atoms with van der Waals surface area (Å²) in [4.78, 5) is 15.0. The van der Waals surface area contributed by atoms with Crippen LogP contribution in [0.5, 0.6) is 5.75 Å². The van der Waals surface area contributed by atoms with E-state index in [0.29, 0.717) is 5.75 Å². The Balaban J connectivity index is 2.13. The van der Waals surface area contributed by atoms with Crippen LogP contribution in [0.3, 0.4) is 0 Å². The number of carbonyl (C=O) groups is 1. The highest BCUT2D eigenvalue weighted by atomic mass is 16.5. The molecule has 0 saturated heterocycles. The zero-order valence-corrected chi connectivity index (χ0v) is 11.8. The van der Waals surface area contributed by atoms with E-state index in [-0.39, 0.29) is 6.61 Å². The molecule has 0 aliphatic heterocycles. The number of aryl methyl sites for hydroxylation is 1. The molecular formula is C17H17NO3. The highest BCUT2D eigenvalue weighted by Crippen LogP contribution is 2.18. The van der Waals surface area contributed by atoms with Crippen molar-refractivity contribution in [1.29, 1.82) is 0 Å². The first-order valence-corrected chi connectivity index (χ1v) is 6.75. The van der Waals surface area contributed by atoms with Crippen LogP contribution >= 0.6 is 0 Å². The second kappa shape index (κ2) is 7.24. The Labute approximate surface area is 123 Å². The number of hydrogen-bond acceptors (Lipinski definition) is 3. The summed E-state index contributed by atoms with van der Waals surface area (Å²) in [6.45, 7) is 1.74. The normalized spacial score (nSPS) is 10.7. The van der Waals surface area contributed by atoms with E-state index < -0.39 is 5.97 Å². The van der Waals surface area contributed by atoms with Gasteiger partial charge in [-0.15, -0.1) is 0 Å². The summed E-state index contributed by atoms with van der Waals surface area (Å²) in [6.07, 6.45) is 2.67. The Hall–Kier alpha value is -2.62. The van der Waals surface area contributed by atoms with Crippen LogP contribution in [0.4, 0.5) is 5.69 Å². The number of carboxylic acid groups (broad SMARTS) is 1. The van der Waals surface area contributed by atoms with Gasteiger partial charge in [0.2, 0.25) is 0 Å². The van der Waals surface area contributed by atoms with Gasteiger partial charge in [-0.3, -0.25) is 4.99 Å². The second-order valence-corrected chi connectivity index (χ2v) is 4.50. The number of rotatable bonds is 6. The molecular weight excluding hydrogens is 266 g/mol. The first-order valence-electron chi connectivity index (χ1n) is 6.75. The quantitative estimate of drug-likeness (QED) is 0.826. The molecule has 108 valence electrons. The van der Waals surface area contributed by atoms with E-state index in [0.717, 1.165) is 17.7 Å². The van der Waals surface area contributed by atoms with Gasteiger partial charge >= 0.3 is 5.97 Å². The van der Waals surface area contributed by atoms with Gasteiger partial charge in [0.25, 0.3) is 0 Å². The minimum Gasteiger partial charge on any atom is -0.481 e. The number of aliphatic carboxylic acids is 1. The minimum absolute atomic E-state index is 0.365. The standard InChI is InChI=1S/C17H17NO3/c1-2-13-7-9-15(10-8-13)18-11-14-5-3-4-6-16(14)21-12-17(19)20/h3-11H,2,12H2,1H3,(H,19,20). The molecule has 0 aliphatic rings. The zero-order chi connectivity index (χ0) is 15.1. The monoisotopic (exact) mass is 283 g/mol. The highest BCUT2D eigenvalue weighted by Gasteiger charge is 2.03. The van der Waals surface area contributed by atoms with Crippen LogP contribution in [-0.4, -0.2) is 23.9 Å². The lowest BCUT2D eigenvalue weighted by molar-refractivity contribution is -0.139. The van der Waals surface area contributed by atoms with Crippen molar-refractivity contribution in [2.24, 2.45) is 4.99 Å². The van der Waals surface area contributed by atoms with Gasteiger partial charge in [0.05, 0.1) is 5.69 Å². The second-order valence-electron chi connectivity index (χ2n) is 4.50. The van der Waals surface area contributed by atoms with Gasteiger partial charge in [-0.2, -0.15) is 0 Å². The first-order chi connectivity index (χ1) is 10.2. The molecule has 0 aromatic heterocycles. The van der Waals surface area contributed by atoms with Crippen molar-refractivity contribution >= 4 is 17.9 Å². The summed E-state index contributed by atoms with van der Waals surface area (Å²) in [6, 6.07) is 15.2. The highest BCUT2D eigenvalue weighted by molar-refractivity contribution is 5.85. The molecule has 0 radical (unpaired) electrons. The lowest BCUT2D eigenvalue weighted by atomic mass is 10.1. The maximum absolute atomic E-state index is 10.6. The van der Waals surface area contributed by atoms with Crippen LogP contribution < -0.4 is 4.74 Å². The third-order valence-electron chi connectivity index (χ3n) is 2.97. The molecule has 0 aliphatic carbocycles. The number of hydrogen-bond donors (Lipinski definition) is 1. The fourth-order valence-electron chi connectivity index (χ4n) is 1.82. The lowest BCUT2D eigenvalue weighted by Gasteiger charge is -2.06. The van der Waals surface area contributed by atoms with E-state index in [1.807, 2.05) is 36.4 Å². The molecule has 2 aromatic carbocycles. The Bertz CT molecular complexity index is 633. The number of aliphatic imine (C=N–C) groups is 1. The molecule has 4 nitrogen and oxygen atoms in total. The molecule has 0 bridgehead atoms. The number of nitrogens with zero attached hydrogens (tertiary/aromatic N) is 1. The zero-order valence-electron chi connectivity index (χ0n) is 11.8. The molecule has 0 amide bonds. The number of para-hydroxylation sites is 1. The predicted molar refractivity (Wildman–Crippen MR) is 82.6 cm³/mol. The molecule has 0 fully saturated rings. The fraction of sp³-hybridized carbons (Fsp3) is 0.176. The first kappa shape index (κ1) is 14.8. The van der Waals surface area contributed by atoms with Crippen LogP contribution in [0.1, 0.15) is 18.1 Å². The van der Waals surface area contributed by atoms with Crippen molar-refractivity contribution in [2.75, 3.05) is 6.61 Å². The Kier molecular flexibility index (Phi) is 5.10. The van der Waals surface area contributed by atoms with Crippen LogP contribution in [-0.2, 0) is 11.2 Å². The average molecular weight is 283 g/mol. The largest absolute Gasteiger partial charge is 0.481 e. The van der Waals surface area contributed by atoms with Gasteiger partial charge in [0, 0.05) is 11.8 Å². The number of benzene rings is 2. The minimum atomic E-state index is -1.00. The van der Waals surface area contributed by atoms with Gasteiger partial charge in [-0.05, 0) is 36.2 Å². The van der Waals surface area contributed by atoms with Crippen molar-refractivity contribution in [1.82, 2.24) is 0 Å². The molecule has 0 heterocycles. The average Bonchev–Trinajstić information content (AvgIpc) is 2.52. The summed E-state index contributed by atoms with van der Waals surface area (Å²) in [5, 5.41) is 8.66. The van der Waals surface area contributed by atoms with E-state index in [4.69, 9.17) is 9.84 Å². The summed E-state index contributed by atoms with van der Waals surface area (Å²) in [5.74, 6) is -0.495. The van der Waals surface area contributed by atoms with Gasteiger partial charge in [-0.25, -0.2) is 4.79 Å². The van der Waals surface area contributed by atoms with E-state index in [2.05, 4.69) is 11.9 Å². The van der Waals surface area contributed by atoms with Crippen molar-refractivity contribution in [3.63, 3.8) is 0 Å². The molecule has 0 atom stereocenters. The van der Waals surface area contributed by atoms with Gasteiger partial charge in [0.15, 0.2) is 6.61 Å². The van der Waals surface area contributed by atoms with Crippen LogP contribution in [0.15, 0.2) is 53.5 Å². The van der Waals surface area contributed by atoms with Crippen molar-refractivity contribution in [3.8, 4) is 5.75 Å². The summed E-state index contributed by atoms with van der Waals surface area (Å²) >= 11 is 0. The van der Waals surface area contributed by atoms with Crippen molar-refractivity contribution < 1.29 is 14.6 Å². The van der Waals surface area contributed by atoms with E-state index in [9.17, 15) is 4.79 Å². The van der Waals surface area contributed by atoms with Crippen LogP contribution in [0.25, 0.3) is 0 Å². The maximum Gasteiger partial charge on any atom is 0.341 e. The fourth-order valence-corrected chi connectivity index (χ4v) is 1.82. The summed E-state index contributed by atoms with van der Waals surface area (Å²) in [7, 11) is 0. The van der Waals surface area contributed by atoms with Crippen LogP contribution in [0, 0.1) is 0 Å². The van der Waals surface area contributed by atoms with Gasteiger partial charge < -0.3 is 9.84 Å². The summed E-state index contributed by atoms with van der Waals surface area (Å²) in [5.41, 5.74) is 2.86. The van der Waals surface area contributed by atoms with Crippen molar-refractivity contribution in [3.05, 3.63) is 59.7 Å². The lowest BCUT2D eigenvalue weighted by Crippen LogP contribution is -2.10. The Morgan fingerprint density at radius 3 is 2.57 bits per heavy atom. The molecule has 0 unspecified atom stereocenters. The number of ether oxygens (including phenoxy) is 1. The Morgan fingerprint density at radius 1 is 1.19 bits per heavy atom. The Morgan fingerprint density at radius 2 is 1.90 bits per heavy atom. The molecule has 4 heteroatoms. The number of carboxylic acids is 1. The van der Waals surface area contributed by atoms with E-state index in [1.54, 1.807) is 18.3 Å². The van der Waals surface area contributed by atoms with E-state index in [1.165, 1.54) is 5.56 Å². The molecule has 2 rings (SSSR count). The van der Waals surface area contributed by atoms with Gasteiger partial charge in [0.1, 0.15) is 5.75 Å². The topological polar surface area (TPSA) is 58.9 Å². The molecule has 1 N–H and O–H groups in total. The predicted octanol–water partition coefficient (Wildman–Crippen LogP) is 3.46. The third-order valence-corrected chi connectivity index (χ3v) is 2.97. The maximum atomic E-state index is 10.6. The SMILES string of the molecule is CCc1ccc(N=Cc2ccccc2OCC(=O)O)cc1.